The lowest BCUT2D eigenvalue weighted by Crippen LogP contribution is -2.41. The summed E-state index contributed by atoms with van der Waals surface area (Å²) in [6, 6.07) is 8.15. The summed E-state index contributed by atoms with van der Waals surface area (Å²) in [5.41, 5.74) is 7.46. The Morgan fingerprint density at radius 1 is 0.940 bits per heavy atom. The first-order valence-corrected chi connectivity index (χ1v) is 16.3. The Bertz CT molecular complexity index is 1730. The van der Waals surface area contributed by atoms with Gasteiger partial charge in [-0.15, -0.1) is 0 Å². The maximum Gasteiger partial charge on any atom is 0.416 e. The van der Waals surface area contributed by atoms with Gasteiger partial charge < -0.3 is 29.6 Å². The van der Waals surface area contributed by atoms with Gasteiger partial charge in [0, 0.05) is 43.2 Å². The molecule has 4 aromatic rings. The Labute approximate surface area is 286 Å². The number of nitrogens with two attached hydrogens (primary N) is 1. The minimum atomic E-state index is -4.53. The normalized spacial score (nSPS) is 15.1. The van der Waals surface area contributed by atoms with Gasteiger partial charge in [0.25, 0.3) is 0 Å². The molecule has 1 amide bonds. The molecule has 5 rings (SSSR count). The highest BCUT2D eigenvalue weighted by Gasteiger charge is 2.31. The molecule has 0 radical (unpaired) electrons. The number of carbonyl (C=O) groups excluding carboxylic acids is 2. The largest absolute Gasteiger partial charge is 0.416 e. The third-order valence-corrected chi connectivity index (χ3v) is 8.22. The number of nitrogens with zero attached hydrogens (tertiary/aromatic N) is 6. The van der Waals surface area contributed by atoms with Crippen LogP contribution >= 0.6 is 0 Å². The van der Waals surface area contributed by atoms with Gasteiger partial charge >= 0.3 is 6.18 Å². The van der Waals surface area contributed by atoms with Crippen LogP contribution < -0.4 is 5.73 Å². The number of carbonyl (C=O) groups is 2. The first-order valence-electron chi connectivity index (χ1n) is 16.3. The number of hydrogen-bond acceptors (Lipinski definition) is 11. The van der Waals surface area contributed by atoms with E-state index >= 15 is 0 Å². The molecule has 50 heavy (non-hydrogen) atoms. The average molecular weight is 700 g/mol. The molecule has 0 saturated carbocycles. The molecule has 16 heteroatoms. The molecule has 1 aromatic carbocycles. The van der Waals surface area contributed by atoms with Gasteiger partial charge in [-0.1, -0.05) is 24.3 Å². The molecule has 0 bridgehead atoms. The molecule has 2 N–H and O–H groups in total. The number of aromatic nitrogens is 5. The minimum Gasteiger partial charge on any atom is -0.383 e. The van der Waals surface area contributed by atoms with Crippen LogP contribution in [0.3, 0.4) is 0 Å². The van der Waals surface area contributed by atoms with Crippen LogP contribution in [0.4, 0.5) is 19.0 Å². The number of pyridine rings is 1. The smallest absolute Gasteiger partial charge is 0.383 e. The molecular weight excluding hydrogens is 659 g/mol. The fraction of sp³-hybridized carbons (Fsp3) is 0.471. The molecule has 0 spiro atoms. The molecular formula is C34H40F3N7O6. The van der Waals surface area contributed by atoms with Crippen LogP contribution in [0.25, 0.3) is 22.3 Å². The molecule has 1 aliphatic rings. The molecule has 13 nitrogen and oxygen atoms in total. The number of amides is 1. The van der Waals surface area contributed by atoms with Crippen LogP contribution in [0.15, 0.2) is 48.9 Å². The summed E-state index contributed by atoms with van der Waals surface area (Å²) in [6.45, 7) is 4.10. The van der Waals surface area contributed by atoms with E-state index in [2.05, 4.69) is 15.0 Å². The van der Waals surface area contributed by atoms with Crippen molar-refractivity contribution in [3.8, 4) is 11.3 Å². The maximum absolute atomic E-state index is 13.1. The number of Topliss-reactive ketones (excluding diaryl/α,β-unsaturated/α-hetero) is 1. The number of nitrogen functional groups attached to an aromatic ring is 1. The number of halogens is 3. The van der Waals surface area contributed by atoms with Crippen molar-refractivity contribution in [3.05, 3.63) is 65.7 Å². The highest BCUT2D eigenvalue weighted by atomic mass is 19.4. The van der Waals surface area contributed by atoms with E-state index in [1.54, 1.807) is 36.1 Å². The second-order valence-electron chi connectivity index (χ2n) is 11.7. The Morgan fingerprint density at radius 2 is 1.64 bits per heavy atom. The second-order valence-corrected chi connectivity index (χ2v) is 11.7. The predicted octanol–water partition coefficient (Wildman–Crippen LogP) is 4.16. The average Bonchev–Trinajstić information content (AvgIpc) is 3.51. The topological polar surface area (TPSA) is 157 Å². The summed E-state index contributed by atoms with van der Waals surface area (Å²) >= 11 is 0. The SMILES string of the molecule is COCCOCCOCCOCCC(=O)N1CCC[C@@H](n2nc(-c3ccc(C(=O)Cc4cc(C(F)(F)F)ccn4)cc3)c3c(N)ncnc32)C1. The summed E-state index contributed by atoms with van der Waals surface area (Å²) in [5.74, 6) is -0.170. The Balaban J connectivity index is 1.20. The van der Waals surface area contributed by atoms with Gasteiger partial charge in [0.05, 0.1) is 76.1 Å². The number of hydrogen-bond donors (Lipinski definition) is 1. The monoisotopic (exact) mass is 699 g/mol. The lowest BCUT2D eigenvalue weighted by Gasteiger charge is -2.33. The van der Waals surface area contributed by atoms with Crippen LogP contribution in [-0.4, -0.2) is 108 Å². The van der Waals surface area contributed by atoms with E-state index in [1.165, 1.54) is 6.33 Å². The quantitative estimate of drug-likeness (QED) is 0.125. The molecule has 3 aromatic heterocycles. The van der Waals surface area contributed by atoms with Crippen molar-refractivity contribution in [3.63, 3.8) is 0 Å². The Kier molecular flexibility index (Phi) is 12.8. The molecule has 0 aliphatic carbocycles. The first-order chi connectivity index (χ1) is 24.2. The Morgan fingerprint density at radius 3 is 2.34 bits per heavy atom. The zero-order valence-corrected chi connectivity index (χ0v) is 27.7. The highest BCUT2D eigenvalue weighted by Crippen LogP contribution is 2.34. The van der Waals surface area contributed by atoms with Gasteiger partial charge in [0.1, 0.15) is 17.8 Å². The van der Waals surface area contributed by atoms with Gasteiger partial charge in [0.15, 0.2) is 11.4 Å². The number of piperidine rings is 1. The van der Waals surface area contributed by atoms with Crippen LogP contribution in [0.1, 0.15) is 46.9 Å². The number of methoxy groups -OCH3 is 1. The summed E-state index contributed by atoms with van der Waals surface area (Å²) < 4.78 is 62.4. The fourth-order valence-electron chi connectivity index (χ4n) is 5.67. The van der Waals surface area contributed by atoms with Crippen LogP contribution in [0.5, 0.6) is 0 Å². The van der Waals surface area contributed by atoms with E-state index in [0.717, 1.165) is 31.2 Å². The van der Waals surface area contributed by atoms with Crippen LogP contribution in [-0.2, 0) is 36.3 Å². The van der Waals surface area contributed by atoms with Gasteiger partial charge in [-0.3, -0.25) is 14.6 Å². The number of anilines is 1. The van der Waals surface area contributed by atoms with E-state index in [4.69, 9.17) is 29.8 Å². The van der Waals surface area contributed by atoms with Gasteiger partial charge in [0.2, 0.25) is 5.91 Å². The molecule has 0 unspecified atom stereocenters. The predicted molar refractivity (Wildman–Crippen MR) is 176 cm³/mol. The van der Waals surface area contributed by atoms with Gasteiger partial charge in [-0.25, -0.2) is 14.6 Å². The van der Waals surface area contributed by atoms with Crippen molar-refractivity contribution in [1.82, 2.24) is 29.6 Å². The number of alkyl halides is 3. The van der Waals surface area contributed by atoms with Crippen LogP contribution in [0, 0.1) is 0 Å². The van der Waals surface area contributed by atoms with Crippen molar-refractivity contribution in [1.29, 1.82) is 0 Å². The van der Waals surface area contributed by atoms with Crippen molar-refractivity contribution in [2.75, 3.05) is 72.2 Å². The highest BCUT2D eigenvalue weighted by molar-refractivity contribution is 6.00. The van der Waals surface area contributed by atoms with Crippen molar-refractivity contribution in [2.24, 2.45) is 0 Å². The standard InChI is InChI=1S/C34H40F3N7O6/c1-47-13-14-49-17-18-50-16-15-48-12-9-29(46)43-11-2-3-27(21-43)44-33-30(32(38)40-22-41-33)31(42-44)24-6-4-23(5-7-24)28(45)20-26-19-25(8-10-39-26)34(35,36)37/h4-8,10,19,22,27H,2-3,9,11-18,20-21H2,1H3,(H2,38,40,41)/t27-/m1/s1. The molecule has 1 fully saturated rings. The number of likely N-dealkylation sites (tertiary alicyclic amines) is 1. The molecule has 1 atom stereocenters. The third kappa shape index (κ3) is 9.59. The Hall–Kier alpha value is -4.51. The van der Waals surface area contributed by atoms with E-state index < -0.39 is 11.7 Å². The molecule has 4 heterocycles. The van der Waals surface area contributed by atoms with Crippen molar-refractivity contribution >= 4 is 28.5 Å². The summed E-state index contributed by atoms with van der Waals surface area (Å²) in [4.78, 5) is 40.4. The number of ether oxygens (including phenoxy) is 4. The van der Waals surface area contributed by atoms with E-state index in [-0.39, 0.29) is 48.7 Å². The zero-order chi connectivity index (χ0) is 35.5. The minimum absolute atomic E-state index is 0.0198. The fourth-order valence-corrected chi connectivity index (χ4v) is 5.67. The molecule has 1 saturated heterocycles. The lowest BCUT2D eigenvalue weighted by molar-refractivity contribution is -0.137. The van der Waals surface area contributed by atoms with Gasteiger partial charge in [-0.2, -0.15) is 18.3 Å². The summed E-state index contributed by atoms with van der Waals surface area (Å²) in [7, 11) is 1.62. The lowest BCUT2D eigenvalue weighted by atomic mass is 10.0. The maximum atomic E-state index is 13.1. The van der Waals surface area contributed by atoms with Crippen molar-refractivity contribution < 1.29 is 41.7 Å². The van der Waals surface area contributed by atoms with E-state index in [9.17, 15) is 22.8 Å². The van der Waals surface area contributed by atoms with E-state index in [1.807, 2.05) is 4.90 Å². The van der Waals surface area contributed by atoms with Crippen LogP contribution in [0.2, 0.25) is 0 Å². The summed E-state index contributed by atoms with van der Waals surface area (Å²) in [5, 5.41) is 5.43. The van der Waals surface area contributed by atoms with Crippen molar-refractivity contribution in [2.45, 2.75) is 37.9 Å². The molecule has 1 aliphatic heterocycles. The summed E-state index contributed by atoms with van der Waals surface area (Å²) in [6.07, 6.45) is -0.632. The molecule has 268 valence electrons. The zero-order valence-electron chi connectivity index (χ0n) is 27.7. The number of fused-ring (bicyclic) bond motifs is 1. The number of rotatable bonds is 17. The van der Waals surface area contributed by atoms with E-state index in [0.29, 0.717) is 80.6 Å². The van der Waals surface area contributed by atoms with Gasteiger partial charge in [-0.05, 0) is 25.0 Å². The first kappa shape index (κ1) is 36.8. The second kappa shape index (κ2) is 17.4. The number of benzene rings is 1. The third-order valence-electron chi connectivity index (χ3n) is 8.22. The number of ketones is 1.